The van der Waals surface area contributed by atoms with Gasteiger partial charge in [-0.15, -0.1) is 0 Å². The maximum atomic E-state index is 13.1. The second kappa shape index (κ2) is 6.20. The Morgan fingerprint density at radius 1 is 1.15 bits per heavy atom. The first-order valence-electron chi connectivity index (χ1n) is 7.89. The molecule has 1 aromatic carbocycles. The average Bonchev–Trinajstić information content (AvgIpc) is 3.24. The number of aryl methyl sites for hydroxylation is 1. The predicted octanol–water partition coefficient (Wildman–Crippen LogP) is 1.93. The Bertz CT molecular complexity index is 1280. The number of hydrogen-bond donors (Lipinski definition) is 0. The number of fused-ring (bicyclic) bond motifs is 1. The number of rotatable bonds is 3. The van der Waals surface area contributed by atoms with E-state index in [0.29, 0.717) is 11.3 Å². The maximum absolute atomic E-state index is 13.1. The van der Waals surface area contributed by atoms with E-state index in [4.69, 9.17) is 16.0 Å². The van der Waals surface area contributed by atoms with Gasteiger partial charge in [0.15, 0.2) is 16.9 Å². The van der Waals surface area contributed by atoms with Gasteiger partial charge in [0.05, 0.1) is 6.20 Å². The first-order chi connectivity index (χ1) is 12.9. The highest BCUT2D eigenvalue weighted by Crippen LogP contribution is 2.23. The van der Waals surface area contributed by atoms with E-state index in [1.807, 2.05) is 0 Å². The van der Waals surface area contributed by atoms with E-state index in [-0.39, 0.29) is 34.7 Å². The lowest BCUT2D eigenvalue weighted by Gasteiger charge is -2.05. The Kier molecular flexibility index (Phi) is 3.96. The molecule has 8 nitrogen and oxygen atoms in total. The van der Waals surface area contributed by atoms with Gasteiger partial charge in [-0.3, -0.25) is 18.5 Å². The zero-order valence-corrected chi connectivity index (χ0v) is 15.1. The van der Waals surface area contributed by atoms with Gasteiger partial charge in [-0.05, 0) is 35.9 Å². The molecule has 0 aliphatic rings. The molecular weight excluding hydrogens is 377 g/mol. The van der Waals surface area contributed by atoms with Gasteiger partial charge in [-0.25, -0.2) is 14.2 Å². The summed E-state index contributed by atoms with van der Waals surface area (Å²) < 4.78 is 22.4. The van der Waals surface area contributed by atoms with Crippen LogP contribution in [0.5, 0.6) is 0 Å². The quantitative estimate of drug-likeness (QED) is 0.500. The smallest absolute Gasteiger partial charge is 0.332 e. The topological polar surface area (TPSA) is 87.8 Å². The van der Waals surface area contributed by atoms with Gasteiger partial charge in [0.1, 0.15) is 12.4 Å². The van der Waals surface area contributed by atoms with Crippen LogP contribution < -0.4 is 11.2 Å². The van der Waals surface area contributed by atoms with Crippen LogP contribution in [0.25, 0.3) is 22.5 Å². The highest BCUT2D eigenvalue weighted by molar-refractivity contribution is 6.29. The van der Waals surface area contributed by atoms with Crippen LogP contribution in [0.4, 0.5) is 4.39 Å². The van der Waals surface area contributed by atoms with Crippen LogP contribution >= 0.6 is 11.6 Å². The Morgan fingerprint density at radius 2 is 1.85 bits per heavy atom. The summed E-state index contributed by atoms with van der Waals surface area (Å²) in [5, 5.41) is 0.0323. The minimum absolute atomic E-state index is 0.0323. The third-order valence-corrected chi connectivity index (χ3v) is 4.57. The van der Waals surface area contributed by atoms with Crippen molar-refractivity contribution >= 4 is 22.8 Å². The molecule has 4 rings (SSSR count). The van der Waals surface area contributed by atoms with E-state index in [1.54, 1.807) is 12.1 Å². The van der Waals surface area contributed by atoms with E-state index in [2.05, 4.69) is 9.97 Å². The number of halogens is 2. The molecule has 0 N–H and O–H groups in total. The highest BCUT2D eigenvalue weighted by Gasteiger charge is 2.19. The van der Waals surface area contributed by atoms with Crippen molar-refractivity contribution in [3.63, 3.8) is 0 Å². The summed E-state index contributed by atoms with van der Waals surface area (Å²) >= 11 is 6.18. The lowest BCUT2D eigenvalue weighted by atomic mass is 10.2. The fourth-order valence-electron chi connectivity index (χ4n) is 2.83. The molecule has 138 valence electrons. The zero-order valence-electron chi connectivity index (χ0n) is 14.3. The maximum Gasteiger partial charge on any atom is 0.332 e. The normalized spacial score (nSPS) is 11.4. The molecule has 10 heteroatoms. The monoisotopic (exact) mass is 389 g/mol. The van der Waals surface area contributed by atoms with Gasteiger partial charge in [0.2, 0.25) is 11.2 Å². The van der Waals surface area contributed by atoms with E-state index < -0.39 is 11.2 Å². The minimum atomic E-state index is -0.516. The van der Waals surface area contributed by atoms with Crippen molar-refractivity contribution in [3.8, 4) is 11.3 Å². The van der Waals surface area contributed by atoms with E-state index >= 15 is 0 Å². The summed E-state index contributed by atoms with van der Waals surface area (Å²) in [6.45, 7) is 0.0456. The van der Waals surface area contributed by atoms with Crippen LogP contribution in [-0.2, 0) is 20.6 Å². The molecule has 0 aliphatic heterocycles. The van der Waals surface area contributed by atoms with Crippen molar-refractivity contribution in [3.05, 3.63) is 68.3 Å². The van der Waals surface area contributed by atoms with Crippen LogP contribution in [0.1, 0.15) is 5.89 Å². The fraction of sp³-hybridized carbons (Fsp3) is 0.176. The Morgan fingerprint density at radius 3 is 2.56 bits per heavy atom. The Hall–Kier alpha value is -3.20. The number of aromatic nitrogens is 5. The summed E-state index contributed by atoms with van der Waals surface area (Å²) in [4.78, 5) is 32.9. The van der Waals surface area contributed by atoms with Gasteiger partial charge in [0, 0.05) is 19.7 Å². The molecule has 0 amide bonds. The number of nitrogens with zero attached hydrogens (tertiary/aromatic N) is 5. The zero-order chi connectivity index (χ0) is 19.3. The van der Waals surface area contributed by atoms with Crippen molar-refractivity contribution in [2.75, 3.05) is 0 Å². The van der Waals surface area contributed by atoms with Crippen LogP contribution in [0, 0.1) is 5.82 Å². The number of oxazole rings is 1. The molecule has 0 saturated heterocycles. The molecular formula is C17H13ClFN5O3. The molecule has 0 atom stereocenters. The minimum Gasteiger partial charge on any atom is -0.439 e. The van der Waals surface area contributed by atoms with Crippen LogP contribution in [-0.4, -0.2) is 23.7 Å². The van der Waals surface area contributed by atoms with E-state index in [1.165, 1.54) is 41.6 Å². The van der Waals surface area contributed by atoms with Crippen molar-refractivity contribution < 1.29 is 8.81 Å². The number of imidazole rings is 1. The highest BCUT2D eigenvalue weighted by atomic mass is 35.5. The van der Waals surface area contributed by atoms with Crippen molar-refractivity contribution in [2.24, 2.45) is 14.1 Å². The molecule has 3 aromatic heterocycles. The molecule has 27 heavy (non-hydrogen) atoms. The van der Waals surface area contributed by atoms with Crippen molar-refractivity contribution in [2.45, 2.75) is 6.54 Å². The Balaban J connectivity index is 1.79. The molecule has 0 unspecified atom stereocenters. The largest absolute Gasteiger partial charge is 0.439 e. The first kappa shape index (κ1) is 17.2. The van der Waals surface area contributed by atoms with Crippen LogP contribution in [0.3, 0.4) is 0 Å². The molecule has 0 bridgehead atoms. The van der Waals surface area contributed by atoms with Crippen LogP contribution in [0.2, 0.25) is 5.28 Å². The van der Waals surface area contributed by atoms with E-state index in [0.717, 1.165) is 4.57 Å². The predicted molar refractivity (Wildman–Crippen MR) is 96.2 cm³/mol. The van der Waals surface area contributed by atoms with Crippen LogP contribution in [0.15, 0.2) is 44.5 Å². The molecule has 0 spiro atoms. The second-order valence-electron chi connectivity index (χ2n) is 5.97. The average molecular weight is 390 g/mol. The third kappa shape index (κ3) is 2.76. The Labute approximate surface area is 156 Å². The van der Waals surface area contributed by atoms with Crippen molar-refractivity contribution in [1.82, 2.24) is 23.7 Å². The molecule has 0 saturated carbocycles. The summed E-state index contributed by atoms with van der Waals surface area (Å²) in [5.41, 5.74) is 0.000874. The summed E-state index contributed by atoms with van der Waals surface area (Å²) in [5.74, 6) is 0.383. The summed E-state index contributed by atoms with van der Waals surface area (Å²) in [7, 11) is 2.89. The molecule has 0 radical (unpaired) electrons. The molecule has 0 aliphatic carbocycles. The fourth-order valence-corrected chi connectivity index (χ4v) is 3.05. The SMILES string of the molecule is Cn1c(=O)c2c(nc(Cl)n2Cc2ncc(-c3ccc(F)cc3)o2)n(C)c1=O. The standard InChI is InChI=1S/C17H13ClFN5O3/c1-22-14-13(15(25)23(2)17(22)26)24(16(18)21-14)8-12-20-7-11(27-12)9-3-5-10(19)6-4-9/h3-7H,8H2,1-2H3. The lowest BCUT2D eigenvalue weighted by Crippen LogP contribution is -2.37. The number of benzene rings is 1. The van der Waals surface area contributed by atoms with Gasteiger partial charge in [-0.1, -0.05) is 0 Å². The summed E-state index contributed by atoms with van der Waals surface area (Å²) in [6, 6.07) is 5.79. The third-order valence-electron chi connectivity index (χ3n) is 4.28. The lowest BCUT2D eigenvalue weighted by molar-refractivity contribution is 0.491. The van der Waals surface area contributed by atoms with Crippen molar-refractivity contribution in [1.29, 1.82) is 0 Å². The van der Waals surface area contributed by atoms with Gasteiger partial charge < -0.3 is 4.42 Å². The van der Waals surface area contributed by atoms with Gasteiger partial charge >= 0.3 is 5.69 Å². The van der Waals surface area contributed by atoms with E-state index in [9.17, 15) is 14.0 Å². The van der Waals surface area contributed by atoms with Gasteiger partial charge in [-0.2, -0.15) is 4.98 Å². The molecule has 0 fully saturated rings. The van der Waals surface area contributed by atoms with Gasteiger partial charge in [0.25, 0.3) is 5.56 Å². The molecule has 4 aromatic rings. The first-order valence-corrected chi connectivity index (χ1v) is 8.27. The number of hydrogen-bond acceptors (Lipinski definition) is 5. The summed E-state index contributed by atoms with van der Waals surface area (Å²) in [6.07, 6.45) is 1.50. The molecule has 3 heterocycles. The second-order valence-corrected chi connectivity index (χ2v) is 6.31.